The van der Waals surface area contributed by atoms with Gasteiger partial charge in [0.15, 0.2) is 18.1 Å². The quantitative estimate of drug-likeness (QED) is 0.539. The predicted octanol–water partition coefficient (Wildman–Crippen LogP) is 3.02. The van der Waals surface area contributed by atoms with E-state index in [0.29, 0.717) is 18.0 Å². The zero-order valence-corrected chi connectivity index (χ0v) is 15.6. The number of carbonyl (C=O) groups is 1. The Morgan fingerprint density at radius 3 is 2.42 bits per heavy atom. The van der Waals surface area contributed by atoms with Crippen molar-refractivity contribution in [3.8, 4) is 11.5 Å². The van der Waals surface area contributed by atoms with Crippen LogP contribution < -0.4 is 9.47 Å². The second kappa shape index (κ2) is 9.46. The second-order valence-electron chi connectivity index (χ2n) is 5.86. The molecule has 0 aliphatic carbocycles. The van der Waals surface area contributed by atoms with Crippen LogP contribution in [-0.4, -0.2) is 44.9 Å². The highest BCUT2D eigenvalue weighted by Gasteiger charge is 2.09. The number of hydrogen-bond donors (Lipinski definition) is 0. The van der Waals surface area contributed by atoms with Crippen LogP contribution in [0.25, 0.3) is 0 Å². The van der Waals surface area contributed by atoms with Gasteiger partial charge in [-0.3, -0.25) is 4.79 Å². The van der Waals surface area contributed by atoms with Gasteiger partial charge in [-0.15, -0.1) is 0 Å². The van der Waals surface area contributed by atoms with Gasteiger partial charge < -0.3 is 19.2 Å². The molecule has 0 fully saturated rings. The number of carbonyl (C=O) groups excluding carboxylic acids is 1. The molecule has 26 heavy (non-hydrogen) atoms. The van der Waals surface area contributed by atoms with Gasteiger partial charge in [0.25, 0.3) is 5.91 Å². The van der Waals surface area contributed by atoms with Crippen molar-refractivity contribution in [2.24, 2.45) is 5.16 Å². The molecule has 0 saturated carbocycles. The summed E-state index contributed by atoms with van der Waals surface area (Å²) in [5.41, 5.74) is 3.04. The van der Waals surface area contributed by atoms with E-state index in [1.807, 2.05) is 37.3 Å². The molecule has 0 atom stereocenters. The van der Waals surface area contributed by atoms with Gasteiger partial charge in [-0.2, -0.15) is 0 Å². The van der Waals surface area contributed by atoms with Crippen LogP contribution in [0.2, 0.25) is 0 Å². The molecule has 6 nitrogen and oxygen atoms in total. The number of benzene rings is 2. The number of ether oxygens (including phenoxy) is 2. The van der Waals surface area contributed by atoms with Gasteiger partial charge in [0, 0.05) is 19.2 Å². The Balaban J connectivity index is 1.83. The van der Waals surface area contributed by atoms with Crippen molar-refractivity contribution < 1.29 is 19.1 Å². The van der Waals surface area contributed by atoms with E-state index in [1.54, 1.807) is 38.3 Å². The molecular weight excluding hydrogens is 332 g/mol. The Hall–Kier alpha value is -3.02. The number of nitrogens with zero attached hydrogens (tertiary/aromatic N) is 2. The zero-order chi connectivity index (χ0) is 18.9. The maximum atomic E-state index is 12.1. The number of aryl methyl sites for hydroxylation is 1. The van der Waals surface area contributed by atoms with Crippen LogP contribution in [0.1, 0.15) is 16.7 Å². The first kappa shape index (κ1) is 19.3. The predicted molar refractivity (Wildman–Crippen MR) is 101 cm³/mol. The lowest BCUT2D eigenvalue weighted by molar-refractivity contribution is -0.135. The van der Waals surface area contributed by atoms with Crippen LogP contribution in [0.3, 0.4) is 0 Å². The maximum absolute atomic E-state index is 12.1. The summed E-state index contributed by atoms with van der Waals surface area (Å²) in [6, 6.07) is 13.4. The highest BCUT2D eigenvalue weighted by molar-refractivity contribution is 5.81. The molecule has 0 unspecified atom stereocenters. The summed E-state index contributed by atoms with van der Waals surface area (Å²) in [5.74, 6) is 1.10. The fourth-order valence-electron chi connectivity index (χ4n) is 2.29. The molecule has 0 radical (unpaired) electrons. The average Bonchev–Trinajstić information content (AvgIpc) is 2.66. The largest absolute Gasteiger partial charge is 0.493 e. The molecule has 0 bridgehead atoms. The van der Waals surface area contributed by atoms with Crippen molar-refractivity contribution in [1.29, 1.82) is 0 Å². The summed E-state index contributed by atoms with van der Waals surface area (Å²) in [4.78, 5) is 18.8. The first-order valence-electron chi connectivity index (χ1n) is 8.20. The minimum Gasteiger partial charge on any atom is -0.493 e. The minimum absolute atomic E-state index is 0.119. The summed E-state index contributed by atoms with van der Waals surface area (Å²) in [7, 11) is 4.88. The van der Waals surface area contributed by atoms with Gasteiger partial charge in [0.1, 0.15) is 0 Å². The summed E-state index contributed by atoms with van der Waals surface area (Å²) >= 11 is 0. The van der Waals surface area contributed by atoms with Gasteiger partial charge in [0.05, 0.1) is 20.4 Å². The molecule has 0 saturated heterocycles. The summed E-state index contributed by atoms with van der Waals surface area (Å²) < 4.78 is 10.4. The van der Waals surface area contributed by atoms with Crippen molar-refractivity contribution in [1.82, 2.24) is 4.90 Å². The monoisotopic (exact) mass is 356 g/mol. The van der Waals surface area contributed by atoms with Crippen molar-refractivity contribution in [2.75, 3.05) is 27.9 Å². The molecule has 0 aliphatic heterocycles. The second-order valence-corrected chi connectivity index (χ2v) is 5.86. The smallest absolute Gasteiger partial charge is 0.263 e. The maximum Gasteiger partial charge on any atom is 0.263 e. The molecule has 0 aromatic heterocycles. The zero-order valence-electron chi connectivity index (χ0n) is 15.6. The Bertz CT molecular complexity index is 757. The SMILES string of the molecule is COc1ccc(/C=N/OCC(=O)N(C)Cc2ccc(C)cc2)cc1OC. The number of likely N-dealkylation sites (N-methyl/N-ethyl adjacent to an activating group) is 1. The van der Waals surface area contributed by atoms with E-state index in [0.717, 1.165) is 11.1 Å². The van der Waals surface area contributed by atoms with E-state index in [4.69, 9.17) is 14.3 Å². The van der Waals surface area contributed by atoms with Crippen molar-refractivity contribution in [3.63, 3.8) is 0 Å². The lowest BCUT2D eigenvalue weighted by atomic mass is 10.1. The molecule has 138 valence electrons. The van der Waals surface area contributed by atoms with Crippen LogP contribution >= 0.6 is 0 Å². The molecule has 1 amide bonds. The molecule has 2 aromatic carbocycles. The standard InChI is InChI=1S/C20H24N2O4/c1-15-5-7-16(8-6-15)13-22(2)20(23)14-26-21-12-17-9-10-18(24-3)19(11-17)25-4/h5-12H,13-14H2,1-4H3/b21-12+. The fraction of sp³-hybridized carbons (Fsp3) is 0.300. The molecule has 2 aromatic rings. The van der Waals surface area contributed by atoms with Gasteiger partial charge >= 0.3 is 0 Å². The molecular formula is C20H24N2O4. The normalized spacial score (nSPS) is 10.6. The van der Waals surface area contributed by atoms with E-state index in [2.05, 4.69) is 5.16 Å². The Kier molecular flexibility index (Phi) is 7.02. The summed E-state index contributed by atoms with van der Waals surface area (Å²) in [6.07, 6.45) is 1.52. The molecule has 0 aliphatic rings. The van der Waals surface area contributed by atoms with Crippen molar-refractivity contribution in [2.45, 2.75) is 13.5 Å². The van der Waals surface area contributed by atoms with E-state index < -0.39 is 0 Å². The highest BCUT2D eigenvalue weighted by Crippen LogP contribution is 2.26. The Morgan fingerprint density at radius 2 is 1.77 bits per heavy atom. The average molecular weight is 356 g/mol. The molecule has 0 N–H and O–H groups in total. The van der Waals surface area contributed by atoms with E-state index >= 15 is 0 Å². The van der Waals surface area contributed by atoms with E-state index in [-0.39, 0.29) is 12.5 Å². The molecule has 0 heterocycles. The van der Waals surface area contributed by atoms with Crippen LogP contribution in [0, 0.1) is 6.92 Å². The Morgan fingerprint density at radius 1 is 1.08 bits per heavy atom. The van der Waals surface area contributed by atoms with Gasteiger partial charge in [-0.05, 0) is 30.7 Å². The van der Waals surface area contributed by atoms with E-state index in [9.17, 15) is 4.79 Å². The number of hydrogen-bond acceptors (Lipinski definition) is 5. The molecule has 6 heteroatoms. The number of rotatable bonds is 8. The minimum atomic E-state index is -0.143. The van der Waals surface area contributed by atoms with Crippen LogP contribution in [0.15, 0.2) is 47.6 Å². The van der Waals surface area contributed by atoms with Gasteiger partial charge in [0.2, 0.25) is 0 Å². The highest BCUT2D eigenvalue weighted by atomic mass is 16.6. The molecule has 0 spiro atoms. The van der Waals surface area contributed by atoms with Crippen LogP contribution in [0.4, 0.5) is 0 Å². The molecule has 2 rings (SSSR count). The topological polar surface area (TPSA) is 60.4 Å². The summed E-state index contributed by atoms with van der Waals surface area (Å²) in [6.45, 7) is 2.44. The van der Waals surface area contributed by atoms with Gasteiger partial charge in [-0.1, -0.05) is 35.0 Å². The van der Waals surface area contributed by atoms with Gasteiger partial charge in [-0.25, -0.2) is 0 Å². The Labute approximate surface area is 154 Å². The first-order valence-corrected chi connectivity index (χ1v) is 8.20. The fourth-order valence-corrected chi connectivity index (χ4v) is 2.29. The summed E-state index contributed by atoms with van der Waals surface area (Å²) in [5, 5.41) is 3.84. The number of amides is 1. The lowest BCUT2D eigenvalue weighted by Crippen LogP contribution is -2.29. The first-order chi connectivity index (χ1) is 12.5. The number of oxime groups is 1. The van der Waals surface area contributed by atoms with Crippen LogP contribution in [-0.2, 0) is 16.2 Å². The van der Waals surface area contributed by atoms with Crippen molar-refractivity contribution in [3.05, 3.63) is 59.2 Å². The van der Waals surface area contributed by atoms with Crippen LogP contribution in [0.5, 0.6) is 11.5 Å². The number of methoxy groups -OCH3 is 2. The van der Waals surface area contributed by atoms with Crippen molar-refractivity contribution >= 4 is 12.1 Å². The van der Waals surface area contributed by atoms with E-state index in [1.165, 1.54) is 11.8 Å². The third-order valence-corrected chi connectivity index (χ3v) is 3.84. The third kappa shape index (κ3) is 5.51. The lowest BCUT2D eigenvalue weighted by Gasteiger charge is -2.16. The third-order valence-electron chi connectivity index (χ3n) is 3.84.